The van der Waals surface area contributed by atoms with Gasteiger partial charge in [-0.05, 0) is 25.0 Å². The Morgan fingerprint density at radius 2 is 2.33 bits per heavy atom. The molecule has 1 fully saturated rings. The number of nitrogens with zero attached hydrogens (tertiary/aromatic N) is 4. The lowest BCUT2D eigenvalue weighted by atomic mass is 10.3. The normalized spacial score (nSPS) is 15.2. The van der Waals surface area contributed by atoms with Crippen molar-refractivity contribution >= 4 is 5.69 Å². The summed E-state index contributed by atoms with van der Waals surface area (Å²) in [7, 11) is 0. The van der Waals surface area contributed by atoms with Crippen molar-refractivity contribution in [2.75, 3.05) is 5.32 Å². The molecule has 15 heavy (non-hydrogen) atoms. The molecule has 1 aliphatic carbocycles. The number of aromatic nitrogens is 4. The number of hydrogen-bond donors (Lipinski definition) is 1. The van der Waals surface area contributed by atoms with Crippen molar-refractivity contribution in [1.82, 2.24) is 19.7 Å². The summed E-state index contributed by atoms with van der Waals surface area (Å²) in [5.41, 5.74) is 1.02. The van der Waals surface area contributed by atoms with E-state index in [4.69, 9.17) is 0 Å². The van der Waals surface area contributed by atoms with E-state index >= 15 is 0 Å². The van der Waals surface area contributed by atoms with Gasteiger partial charge in [0.15, 0.2) is 5.82 Å². The van der Waals surface area contributed by atoms with Crippen molar-refractivity contribution in [2.24, 2.45) is 0 Å². The highest BCUT2D eigenvalue weighted by atomic mass is 15.3. The van der Waals surface area contributed by atoms with Gasteiger partial charge in [-0.25, -0.2) is 14.6 Å². The average molecular weight is 201 g/mol. The zero-order chi connectivity index (χ0) is 10.1. The summed E-state index contributed by atoms with van der Waals surface area (Å²) >= 11 is 0. The summed E-state index contributed by atoms with van der Waals surface area (Å²) in [4.78, 5) is 8.22. The minimum Gasteiger partial charge on any atom is -0.379 e. The Hall–Kier alpha value is -1.91. The second kappa shape index (κ2) is 3.34. The van der Waals surface area contributed by atoms with E-state index in [1.165, 1.54) is 19.2 Å². The molecular formula is C10H11N5. The molecule has 1 aliphatic rings. The highest BCUT2D eigenvalue weighted by Crippen LogP contribution is 2.26. The van der Waals surface area contributed by atoms with E-state index in [0.29, 0.717) is 6.04 Å². The molecule has 0 radical (unpaired) electrons. The van der Waals surface area contributed by atoms with Crippen LogP contribution in [-0.4, -0.2) is 25.8 Å². The van der Waals surface area contributed by atoms with E-state index in [1.54, 1.807) is 17.2 Å². The van der Waals surface area contributed by atoms with E-state index in [-0.39, 0.29) is 0 Å². The van der Waals surface area contributed by atoms with Crippen LogP contribution in [0.5, 0.6) is 0 Å². The van der Waals surface area contributed by atoms with E-state index in [1.807, 2.05) is 12.1 Å². The smallest absolute Gasteiger partial charge is 0.178 e. The van der Waals surface area contributed by atoms with Gasteiger partial charge in [0, 0.05) is 12.2 Å². The Labute approximate surface area is 87.2 Å². The maximum absolute atomic E-state index is 4.30. The van der Waals surface area contributed by atoms with E-state index in [2.05, 4.69) is 20.4 Å². The third kappa shape index (κ3) is 1.68. The van der Waals surface area contributed by atoms with Crippen LogP contribution in [0, 0.1) is 0 Å². The van der Waals surface area contributed by atoms with Crippen molar-refractivity contribution in [3.63, 3.8) is 0 Å². The predicted molar refractivity (Wildman–Crippen MR) is 55.8 cm³/mol. The summed E-state index contributed by atoms with van der Waals surface area (Å²) in [5.74, 6) is 0.807. The van der Waals surface area contributed by atoms with E-state index in [0.717, 1.165) is 11.5 Å². The zero-order valence-corrected chi connectivity index (χ0v) is 8.17. The molecule has 0 atom stereocenters. The maximum atomic E-state index is 4.30. The molecule has 0 bridgehead atoms. The topological polar surface area (TPSA) is 55.6 Å². The van der Waals surface area contributed by atoms with Crippen LogP contribution < -0.4 is 5.32 Å². The minimum atomic E-state index is 0.608. The fraction of sp³-hybridized carbons (Fsp3) is 0.300. The molecule has 2 aromatic rings. The molecule has 1 N–H and O–H groups in total. The summed E-state index contributed by atoms with van der Waals surface area (Å²) in [5, 5.41) is 7.50. The molecule has 0 aromatic carbocycles. The van der Waals surface area contributed by atoms with Crippen LogP contribution >= 0.6 is 0 Å². The lowest BCUT2D eigenvalue weighted by Gasteiger charge is -2.08. The van der Waals surface area contributed by atoms with Gasteiger partial charge in [-0.1, -0.05) is 0 Å². The van der Waals surface area contributed by atoms with Crippen molar-refractivity contribution in [3.05, 3.63) is 31.0 Å². The number of rotatable bonds is 3. The Balaban J connectivity index is 1.98. The van der Waals surface area contributed by atoms with E-state index in [9.17, 15) is 0 Å². The van der Waals surface area contributed by atoms with Gasteiger partial charge in [0.1, 0.15) is 12.7 Å². The van der Waals surface area contributed by atoms with Crippen molar-refractivity contribution < 1.29 is 0 Å². The van der Waals surface area contributed by atoms with Crippen LogP contribution in [0.2, 0.25) is 0 Å². The second-order valence-electron chi connectivity index (χ2n) is 3.63. The first-order valence-corrected chi connectivity index (χ1v) is 5.00. The molecular weight excluding hydrogens is 190 g/mol. The largest absolute Gasteiger partial charge is 0.379 e. The van der Waals surface area contributed by atoms with Crippen LogP contribution in [0.3, 0.4) is 0 Å². The van der Waals surface area contributed by atoms with Crippen LogP contribution in [0.1, 0.15) is 12.8 Å². The van der Waals surface area contributed by atoms with Crippen LogP contribution in [0.25, 0.3) is 5.82 Å². The van der Waals surface area contributed by atoms with Gasteiger partial charge in [0.05, 0.1) is 5.69 Å². The number of anilines is 1. The Bertz CT molecular complexity index is 447. The molecule has 0 amide bonds. The summed E-state index contributed by atoms with van der Waals surface area (Å²) in [6.07, 6.45) is 7.41. The quantitative estimate of drug-likeness (QED) is 0.811. The molecule has 5 heteroatoms. The zero-order valence-electron chi connectivity index (χ0n) is 8.17. The minimum absolute atomic E-state index is 0.608. The Morgan fingerprint density at radius 3 is 3.07 bits per heavy atom. The van der Waals surface area contributed by atoms with Gasteiger partial charge >= 0.3 is 0 Å². The molecule has 0 saturated heterocycles. The van der Waals surface area contributed by atoms with Gasteiger partial charge in [-0.15, -0.1) is 0 Å². The fourth-order valence-corrected chi connectivity index (χ4v) is 1.46. The number of nitrogens with one attached hydrogen (secondary N) is 1. The molecule has 3 rings (SSSR count). The Morgan fingerprint density at radius 1 is 1.40 bits per heavy atom. The van der Waals surface area contributed by atoms with Crippen molar-refractivity contribution in [1.29, 1.82) is 0 Å². The van der Waals surface area contributed by atoms with Gasteiger partial charge in [0.2, 0.25) is 0 Å². The van der Waals surface area contributed by atoms with Gasteiger partial charge < -0.3 is 5.32 Å². The SMILES string of the molecule is c1cnc(-n2cncn2)c(NC2CC2)c1. The third-order valence-electron chi connectivity index (χ3n) is 2.36. The van der Waals surface area contributed by atoms with Crippen LogP contribution in [0.15, 0.2) is 31.0 Å². The number of hydrogen-bond acceptors (Lipinski definition) is 4. The third-order valence-corrected chi connectivity index (χ3v) is 2.36. The van der Waals surface area contributed by atoms with Gasteiger partial charge in [0.25, 0.3) is 0 Å². The second-order valence-corrected chi connectivity index (χ2v) is 3.63. The summed E-state index contributed by atoms with van der Waals surface area (Å²) in [6, 6.07) is 4.55. The van der Waals surface area contributed by atoms with Crippen molar-refractivity contribution in [2.45, 2.75) is 18.9 Å². The first-order valence-electron chi connectivity index (χ1n) is 5.00. The number of pyridine rings is 1. The summed E-state index contributed by atoms with van der Waals surface area (Å²) < 4.78 is 1.67. The maximum Gasteiger partial charge on any atom is 0.178 e. The highest BCUT2D eigenvalue weighted by Gasteiger charge is 2.22. The molecule has 1 saturated carbocycles. The monoisotopic (exact) mass is 201 g/mol. The van der Waals surface area contributed by atoms with Crippen LogP contribution in [-0.2, 0) is 0 Å². The van der Waals surface area contributed by atoms with Crippen molar-refractivity contribution in [3.8, 4) is 5.82 Å². The highest BCUT2D eigenvalue weighted by molar-refractivity contribution is 5.57. The molecule has 0 aliphatic heterocycles. The predicted octanol–water partition coefficient (Wildman–Crippen LogP) is 1.24. The van der Waals surface area contributed by atoms with Crippen LogP contribution in [0.4, 0.5) is 5.69 Å². The lowest BCUT2D eigenvalue weighted by molar-refractivity contribution is 0.844. The molecule has 2 heterocycles. The summed E-state index contributed by atoms with van der Waals surface area (Å²) in [6.45, 7) is 0. The molecule has 2 aromatic heterocycles. The standard InChI is InChI=1S/C10H11N5/c1-2-9(14-8-3-4-8)10(12-5-1)15-7-11-6-13-15/h1-2,5-8,14H,3-4H2. The Kier molecular flexibility index (Phi) is 1.87. The molecule has 5 nitrogen and oxygen atoms in total. The lowest BCUT2D eigenvalue weighted by Crippen LogP contribution is -2.07. The van der Waals surface area contributed by atoms with E-state index < -0.39 is 0 Å². The average Bonchev–Trinajstić information content (AvgIpc) is 2.93. The van der Waals surface area contributed by atoms with Gasteiger partial charge in [-0.2, -0.15) is 5.10 Å². The molecule has 76 valence electrons. The van der Waals surface area contributed by atoms with Gasteiger partial charge in [-0.3, -0.25) is 0 Å². The first kappa shape index (κ1) is 8.40. The molecule has 0 spiro atoms. The fourth-order valence-electron chi connectivity index (χ4n) is 1.46. The first-order chi connectivity index (χ1) is 7.43. The molecule has 0 unspecified atom stereocenters.